The number of nitrogens with one attached hydrogen (secondary N) is 1. The van der Waals surface area contributed by atoms with Crippen LogP contribution in [0.3, 0.4) is 0 Å². The molecule has 1 saturated heterocycles. The number of rotatable bonds is 7. The molecular weight excluding hydrogens is 743 g/mol. The topological polar surface area (TPSA) is 125 Å². The molecule has 0 unspecified atom stereocenters. The van der Waals surface area contributed by atoms with Crippen molar-refractivity contribution in [2.75, 3.05) is 26.2 Å². The van der Waals surface area contributed by atoms with Gasteiger partial charge in [0.25, 0.3) is 20.1 Å². The van der Waals surface area contributed by atoms with E-state index in [1.54, 1.807) is 16.7 Å². The second-order valence-electron chi connectivity index (χ2n) is 16.6. The van der Waals surface area contributed by atoms with Crippen molar-refractivity contribution in [3.63, 3.8) is 0 Å². The minimum absolute atomic E-state index is 0.0220. The van der Waals surface area contributed by atoms with Crippen LogP contribution in [0.1, 0.15) is 56.0 Å². The molecule has 4 amide bonds. The molecule has 0 atom stereocenters. The van der Waals surface area contributed by atoms with Gasteiger partial charge in [-0.05, 0) is 64.0 Å². The molecule has 11 nitrogen and oxygen atoms in total. The average molecular weight is 788 g/mol. The zero-order valence-corrected chi connectivity index (χ0v) is 33.9. The van der Waals surface area contributed by atoms with Crippen molar-refractivity contribution < 1.29 is 18.8 Å². The lowest BCUT2D eigenvalue weighted by Gasteiger charge is -2.44. The molecule has 292 valence electrons. The molecule has 3 aliphatic rings. The Bertz CT molecular complexity index is 2620. The molecule has 1 fully saturated rings. The van der Waals surface area contributed by atoms with E-state index < -0.39 is 20.1 Å². The molecular formula is C46H45N7O4Si. The van der Waals surface area contributed by atoms with Crippen LogP contribution in [0.4, 0.5) is 4.79 Å². The van der Waals surface area contributed by atoms with Gasteiger partial charge in [-0.1, -0.05) is 87.5 Å². The molecule has 12 heteroatoms. The molecule has 0 aliphatic carbocycles. The number of benzene rings is 3. The third-order valence-corrected chi connectivity index (χ3v) is 17.1. The Balaban J connectivity index is 0.953. The van der Waals surface area contributed by atoms with Crippen LogP contribution in [0.15, 0.2) is 110 Å². The molecule has 3 aromatic heterocycles. The first-order chi connectivity index (χ1) is 28.1. The minimum atomic E-state index is -2.67. The number of piperidine rings is 1. The van der Waals surface area contributed by atoms with E-state index in [4.69, 9.17) is 4.43 Å². The number of likely N-dealkylation sites (tertiary alicyclic amines) is 1. The first-order valence-electron chi connectivity index (χ1n) is 19.9. The van der Waals surface area contributed by atoms with Gasteiger partial charge >= 0.3 is 6.03 Å². The predicted molar refractivity (Wildman–Crippen MR) is 225 cm³/mol. The average Bonchev–Trinajstić information content (AvgIpc) is 3.87. The van der Waals surface area contributed by atoms with Crippen LogP contribution in [0.5, 0.6) is 0 Å². The van der Waals surface area contributed by atoms with Crippen LogP contribution in [0.2, 0.25) is 5.04 Å². The van der Waals surface area contributed by atoms with Crippen molar-refractivity contribution in [2.24, 2.45) is 5.92 Å². The van der Waals surface area contributed by atoms with E-state index in [1.165, 1.54) is 10.4 Å². The maximum Gasteiger partial charge on any atom is 0.320 e. The summed E-state index contributed by atoms with van der Waals surface area (Å²) in [5, 5.41) is 15.7. The van der Waals surface area contributed by atoms with E-state index in [9.17, 15) is 19.6 Å². The molecule has 0 bridgehead atoms. The number of hydrogen-bond donors (Lipinski definition) is 1. The molecule has 0 spiro atoms. The van der Waals surface area contributed by atoms with Gasteiger partial charge < -0.3 is 18.8 Å². The van der Waals surface area contributed by atoms with E-state index in [-0.39, 0.29) is 22.2 Å². The van der Waals surface area contributed by atoms with Gasteiger partial charge in [-0.3, -0.25) is 19.3 Å². The lowest BCUT2D eigenvalue weighted by Crippen LogP contribution is -2.67. The number of amides is 4. The zero-order valence-electron chi connectivity index (χ0n) is 32.9. The number of aromatic nitrogens is 3. The van der Waals surface area contributed by atoms with Crippen LogP contribution in [0, 0.1) is 17.2 Å². The van der Waals surface area contributed by atoms with E-state index in [0.29, 0.717) is 73.1 Å². The molecule has 58 heavy (non-hydrogen) atoms. The van der Waals surface area contributed by atoms with Crippen molar-refractivity contribution in [3.8, 4) is 6.07 Å². The van der Waals surface area contributed by atoms with E-state index in [0.717, 1.165) is 23.9 Å². The third kappa shape index (κ3) is 6.22. The fourth-order valence-corrected chi connectivity index (χ4v) is 14.0. The number of pyridine rings is 1. The summed E-state index contributed by atoms with van der Waals surface area (Å²) in [5.74, 6) is -0.672. The summed E-state index contributed by atoms with van der Waals surface area (Å²) < 4.78 is 11.1. The Morgan fingerprint density at radius 2 is 1.55 bits per heavy atom. The summed E-state index contributed by atoms with van der Waals surface area (Å²) in [4.78, 5) is 49.4. The number of imidazole rings is 1. The molecule has 3 aromatic carbocycles. The summed E-state index contributed by atoms with van der Waals surface area (Å²) >= 11 is 0. The van der Waals surface area contributed by atoms with Crippen molar-refractivity contribution in [1.82, 2.24) is 29.1 Å². The Kier molecular flexibility index (Phi) is 9.37. The number of imide groups is 1. The van der Waals surface area contributed by atoms with Crippen LogP contribution in [-0.2, 0) is 27.1 Å². The summed E-state index contributed by atoms with van der Waals surface area (Å²) in [6, 6.07) is 32.8. The molecule has 9 rings (SSSR count). The number of hydrogen-bond acceptors (Lipinski definition) is 6. The highest BCUT2D eigenvalue weighted by Gasteiger charge is 2.50. The summed E-state index contributed by atoms with van der Waals surface area (Å²) in [6.45, 7) is 10.0. The normalized spacial score (nSPS) is 16.6. The van der Waals surface area contributed by atoms with Crippen LogP contribution in [-0.4, -0.2) is 76.2 Å². The molecule has 0 saturated carbocycles. The van der Waals surface area contributed by atoms with Gasteiger partial charge in [0.15, 0.2) is 0 Å². The number of nitriles is 1. The Morgan fingerprint density at radius 1 is 0.879 bits per heavy atom. The largest absolute Gasteiger partial charge is 0.407 e. The van der Waals surface area contributed by atoms with Gasteiger partial charge in [0.1, 0.15) is 5.65 Å². The van der Waals surface area contributed by atoms with Gasteiger partial charge in [-0.2, -0.15) is 5.26 Å². The van der Waals surface area contributed by atoms with Crippen molar-refractivity contribution in [1.29, 1.82) is 5.26 Å². The lowest BCUT2D eigenvalue weighted by atomic mass is 9.96. The molecule has 6 aromatic rings. The standard InChI is InChI=1S/C46H45N7O4Si/c1-46(2,3)58(34-12-6-4-7-13-34,35-14-8-5-9-15-35)57-30-31-17-20-50(21-18-31)45(56)52-23-22-51-29-37(36-25-32(26-47)24-33(28-52)42(36)51)40-41(44(55)49-43(40)54)38-27-48-39-16-10-11-19-53(38)39/h4-16,19,24-25,27,29,31H,17-18,20-23,28,30H2,1-3H3,(H,49,54,55). The van der Waals surface area contributed by atoms with Gasteiger partial charge in [0, 0.05) is 62.7 Å². The highest BCUT2D eigenvalue weighted by Crippen LogP contribution is 2.40. The van der Waals surface area contributed by atoms with E-state index >= 15 is 0 Å². The fourth-order valence-electron chi connectivity index (χ4n) is 9.34. The molecule has 3 aliphatic heterocycles. The first kappa shape index (κ1) is 37.3. The maximum absolute atomic E-state index is 14.3. The first-order valence-corrected chi connectivity index (χ1v) is 21.9. The lowest BCUT2D eigenvalue weighted by molar-refractivity contribution is -0.122. The molecule has 6 heterocycles. The van der Waals surface area contributed by atoms with E-state index in [1.807, 2.05) is 46.5 Å². The number of carbonyl (C=O) groups excluding carboxylic acids is 3. The van der Waals surface area contributed by atoms with Crippen LogP contribution < -0.4 is 15.7 Å². The van der Waals surface area contributed by atoms with Crippen molar-refractivity contribution in [3.05, 3.63) is 132 Å². The van der Waals surface area contributed by atoms with Gasteiger partial charge in [0.2, 0.25) is 0 Å². The Labute approximate surface area is 338 Å². The SMILES string of the molecule is CC(C)(C)[Si](OCC1CCN(C(=O)N2CCn3cc(C4=C(c5cnc6ccccn56)C(=O)NC4=O)c4cc(C#N)cc(c43)C2)CC1)(c1ccccc1)c1ccccc1. The summed E-state index contributed by atoms with van der Waals surface area (Å²) in [7, 11) is -2.67. The summed E-state index contributed by atoms with van der Waals surface area (Å²) in [6.07, 6.45) is 7.00. The third-order valence-electron chi connectivity index (χ3n) is 12.1. The number of nitrogens with zero attached hydrogens (tertiary/aromatic N) is 6. The smallest absolute Gasteiger partial charge is 0.320 e. The number of carbonyl (C=O) groups is 3. The van der Waals surface area contributed by atoms with Gasteiger partial charge in [-0.15, -0.1) is 0 Å². The minimum Gasteiger partial charge on any atom is -0.407 e. The quantitative estimate of drug-likeness (QED) is 0.158. The van der Waals surface area contributed by atoms with Gasteiger partial charge in [-0.25, -0.2) is 9.78 Å². The Morgan fingerprint density at radius 3 is 2.22 bits per heavy atom. The van der Waals surface area contributed by atoms with Gasteiger partial charge in [0.05, 0.1) is 40.2 Å². The van der Waals surface area contributed by atoms with E-state index in [2.05, 4.69) is 102 Å². The molecule has 1 N–H and O–H groups in total. The maximum atomic E-state index is 14.3. The predicted octanol–water partition coefficient (Wildman–Crippen LogP) is 5.95. The highest BCUT2D eigenvalue weighted by molar-refractivity contribution is 6.99. The van der Waals surface area contributed by atoms with Crippen molar-refractivity contribution in [2.45, 2.75) is 51.7 Å². The number of urea groups is 1. The molecule has 0 radical (unpaired) electrons. The van der Waals surface area contributed by atoms with Crippen molar-refractivity contribution >= 4 is 64.2 Å². The Hall–Kier alpha value is -6.29. The monoisotopic (exact) mass is 787 g/mol. The summed E-state index contributed by atoms with van der Waals surface area (Å²) in [5.41, 5.74) is 4.30. The highest BCUT2D eigenvalue weighted by atomic mass is 28.4. The second-order valence-corrected chi connectivity index (χ2v) is 20.9. The number of fused-ring (bicyclic) bond motifs is 1. The second kappa shape index (κ2) is 14.6. The fraction of sp³-hybridized carbons (Fsp3) is 0.283. The van der Waals surface area contributed by atoms with Crippen LogP contribution >= 0.6 is 0 Å². The zero-order chi connectivity index (χ0) is 40.2. The van der Waals surface area contributed by atoms with Crippen LogP contribution in [0.25, 0.3) is 27.7 Å².